The maximum absolute atomic E-state index is 14.0. The fourth-order valence-corrected chi connectivity index (χ4v) is 3.55. The summed E-state index contributed by atoms with van der Waals surface area (Å²) in [6.07, 6.45) is 0.283. The third-order valence-electron chi connectivity index (χ3n) is 5.06. The summed E-state index contributed by atoms with van der Waals surface area (Å²) in [5.74, 6) is -2.83. The van der Waals surface area contributed by atoms with E-state index in [1.54, 1.807) is 6.92 Å². The zero-order valence-electron chi connectivity index (χ0n) is 17.7. The first-order valence-electron chi connectivity index (χ1n) is 10.00. The number of halogens is 3. The van der Waals surface area contributed by atoms with Crippen LogP contribution in [0.25, 0.3) is 16.6 Å². The van der Waals surface area contributed by atoms with Crippen molar-refractivity contribution in [2.45, 2.75) is 19.4 Å². The van der Waals surface area contributed by atoms with Gasteiger partial charge in [-0.3, -0.25) is 9.36 Å². The van der Waals surface area contributed by atoms with Gasteiger partial charge in [0.15, 0.2) is 5.82 Å². The molecule has 0 aliphatic heterocycles. The Morgan fingerprint density at radius 3 is 2.41 bits per heavy atom. The van der Waals surface area contributed by atoms with Crippen molar-refractivity contribution in [1.29, 1.82) is 5.26 Å². The van der Waals surface area contributed by atoms with Crippen molar-refractivity contribution in [3.8, 4) is 11.8 Å². The summed E-state index contributed by atoms with van der Waals surface area (Å²) >= 11 is 0. The zero-order chi connectivity index (χ0) is 24.6. The molecule has 4 aromatic rings. The summed E-state index contributed by atoms with van der Waals surface area (Å²) in [5, 5.41) is 12.4. The molecular weight excluding hydrogens is 449 g/mol. The number of rotatable bonds is 5. The van der Waals surface area contributed by atoms with Crippen LogP contribution < -0.4 is 22.3 Å². The fraction of sp³-hybridized carbons (Fsp3) is 0.136. The van der Waals surface area contributed by atoms with Crippen LogP contribution in [0.15, 0.2) is 41.2 Å². The highest BCUT2D eigenvalue weighted by Crippen LogP contribution is 2.27. The summed E-state index contributed by atoms with van der Waals surface area (Å²) in [4.78, 5) is 25.6. The van der Waals surface area contributed by atoms with E-state index in [4.69, 9.17) is 11.5 Å². The van der Waals surface area contributed by atoms with Gasteiger partial charge < -0.3 is 16.8 Å². The Kier molecular flexibility index (Phi) is 5.77. The Morgan fingerprint density at radius 2 is 1.76 bits per heavy atom. The molecule has 2 aromatic carbocycles. The molecule has 0 aliphatic rings. The number of anilines is 3. The number of aromatic nitrogens is 4. The molecule has 0 saturated heterocycles. The second-order valence-corrected chi connectivity index (χ2v) is 7.31. The van der Waals surface area contributed by atoms with Crippen molar-refractivity contribution in [2.24, 2.45) is 0 Å². The number of nitrogen functional groups attached to an aromatic ring is 2. The van der Waals surface area contributed by atoms with Crippen LogP contribution in [-0.4, -0.2) is 19.5 Å². The van der Waals surface area contributed by atoms with E-state index in [0.717, 1.165) is 28.8 Å². The van der Waals surface area contributed by atoms with E-state index in [9.17, 15) is 23.2 Å². The lowest BCUT2D eigenvalue weighted by Gasteiger charge is -2.23. The maximum Gasteiger partial charge on any atom is 0.266 e. The average Bonchev–Trinajstić information content (AvgIpc) is 2.76. The summed E-state index contributed by atoms with van der Waals surface area (Å²) in [5.41, 5.74) is 10.6. The molecule has 0 fully saturated rings. The lowest BCUT2D eigenvalue weighted by atomic mass is 10.1. The number of nitrogens with two attached hydrogens (primary N) is 2. The molecule has 9 nitrogen and oxygen atoms in total. The lowest BCUT2D eigenvalue weighted by molar-refractivity contribution is 0.578. The lowest BCUT2D eigenvalue weighted by Crippen LogP contribution is -2.29. The van der Waals surface area contributed by atoms with E-state index in [-0.39, 0.29) is 52.0 Å². The number of benzene rings is 2. The van der Waals surface area contributed by atoms with Gasteiger partial charge in [0.05, 0.1) is 22.6 Å². The highest BCUT2D eigenvalue weighted by Gasteiger charge is 2.23. The fourth-order valence-electron chi connectivity index (χ4n) is 3.55. The maximum atomic E-state index is 14.0. The first-order chi connectivity index (χ1) is 16.2. The van der Waals surface area contributed by atoms with Crippen LogP contribution >= 0.6 is 0 Å². The van der Waals surface area contributed by atoms with Gasteiger partial charge in [-0.05, 0) is 36.8 Å². The predicted molar refractivity (Wildman–Crippen MR) is 119 cm³/mol. The second-order valence-electron chi connectivity index (χ2n) is 7.31. The monoisotopic (exact) mass is 466 g/mol. The largest absolute Gasteiger partial charge is 0.382 e. The van der Waals surface area contributed by atoms with E-state index < -0.39 is 29.1 Å². The van der Waals surface area contributed by atoms with E-state index in [1.165, 1.54) is 6.07 Å². The van der Waals surface area contributed by atoms with Crippen molar-refractivity contribution in [3.63, 3.8) is 0 Å². The van der Waals surface area contributed by atoms with Crippen LogP contribution in [0.5, 0.6) is 0 Å². The first-order valence-corrected chi connectivity index (χ1v) is 10.00. The van der Waals surface area contributed by atoms with Crippen LogP contribution in [-0.2, 0) is 0 Å². The van der Waals surface area contributed by atoms with E-state index in [1.807, 2.05) is 6.07 Å². The Bertz CT molecular complexity index is 1510. The van der Waals surface area contributed by atoms with Crippen LogP contribution in [0.4, 0.5) is 30.8 Å². The van der Waals surface area contributed by atoms with E-state index in [2.05, 4.69) is 20.3 Å². The highest BCUT2D eigenvalue weighted by atomic mass is 19.1. The third-order valence-corrected chi connectivity index (χ3v) is 5.06. The van der Waals surface area contributed by atoms with E-state index in [0.29, 0.717) is 6.07 Å². The van der Waals surface area contributed by atoms with Gasteiger partial charge in [-0.2, -0.15) is 15.2 Å². The number of nitrogens with zero attached hydrogens (tertiary/aromatic N) is 5. The molecule has 2 aromatic heterocycles. The number of nitrogens with one attached hydrogen (secondary N) is 1. The van der Waals surface area contributed by atoms with Crippen LogP contribution in [0.3, 0.4) is 0 Å². The van der Waals surface area contributed by atoms with Gasteiger partial charge in [0.25, 0.3) is 5.56 Å². The minimum atomic E-state index is -0.920. The minimum Gasteiger partial charge on any atom is -0.382 e. The van der Waals surface area contributed by atoms with Crippen LogP contribution in [0.2, 0.25) is 0 Å². The highest BCUT2D eigenvalue weighted by molar-refractivity contribution is 5.78. The third kappa shape index (κ3) is 4.06. The minimum absolute atomic E-state index is 0.00947. The predicted octanol–water partition coefficient (Wildman–Crippen LogP) is 3.19. The van der Waals surface area contributed by atoms with Crippen LogP contribution in [0.1, 0.15) is 30.8 Å². The first kappa shape index (κ1) is 22.5. The Morgan fingerprint density at radius 1 is 1.06 bits per heavy atom. The molecule has 0 aliphatic carbocycles. The van der Waals surface area contributed by atoms with Gasteiger partial charge in [-0.25, -0.2) is 18.2 Å². The van der Waals surface area contributed by atoms with Crippen molar-refractivity contribution < 1.29 is 13.2 Å². The standard InChI is InChI=1S/C22H17F3N8O/c1-2-16(29-19-15(9-26)18(27)31-22(28)32-19)20-30-17-4-3-10(23)8-14(17)21(34)33(20)13-6-11(24)5-12(25)7-13/h3-8,16H,2H2,1H3,(H5,27,28,29,31,32)/t16-/m0/s1. The summed E-state index contributed by atoms with van der Waals surface area (Å²) in [6.45, 7) is 1.75. The SMILES string of the molecule is CC[C@H](Nc1nc(N)nc(N)c1C#N)c1nc2ccc(F)cc2c(=O)n1-c1cc(F)cc(F)c1. The van der Waals surface area contributed by atoms with Gasteiger partial charge in [0.2, 0.25) is 5.95 Å². The van der Waals surface area contributed by atoms with Gasteiger partial charge in [-0.1, -0.05) is 6.92 Å². The zero-order valence-corrected chi connectivity index (χ0v) is 17.7. The Labute approximate surface area is 190 Å². The van der Waals surface area contributed by atoms with Crippen LogP contribution in [0, 0.1) is 28.8 Å². The molecule has 0 radical (unpaired) electrons. The molecule has 0 saturated carbocycles. The van der Waals surface area contributed by atoms with Gasteiger partial charge >= 0.3 is 0 Å². The van der Waals surface area contributed by atoms with Gasteiger partial charge in [0, 0.05) is 6.07 Å². The Hall–Kier alpha value is -4.66. The summed E-state index contributed by atoms with van der Waals surface area (Å²) in [7, 11) is 0. The molecule has 0 amide bonds. The molecule has 0 unspecified atom stereocenters. The molecule has 172 valence electrons. The molecule has 34 heavy (non-hydrogen) atoms. The molecule has 1 atom stereocenters. The van der Waals surface area contributed by atoms with Gasteiger partial charge in [-0.15, -0.1) is 0 Å². The van der Waals surface area contributed by atoms with E-state index >= 15 is 0 Å². The second kappa shape index (κ2) is 8.70. The number of hydrogen-bond donors (Lipinski definition) is 3. The van der Waals surface area contributed by atoms with Crippen molar-refractivity contribution in [2.75, 3.05) is 16.8 Å². The number of fused-ring (bicyclic) bond motifs is 1. The molecule has 2 heterocycles. The van der Waals surface area contributed by atoms with Crippen molar-refractivity contribution >= 4 is 28.5 Å². The van der Waals surface area contributed by atoms with Crippen molar-refractivity contribution in [3.05, 3.63) is 75.6 Å². The Balaban J connectivity index is 1.99. The van der Waals surface area contributed by atoms with Gasteiger partial charge in [0.1, 0.15) is 40.7 Å². The number of nitriles is 1. The molecule has 5 N–H and O–H groups in total. The molecule has 0 bridgehead atoms. The molecular formula is C22H17F3N8O. The topological polar surface area (TPSA) is 149 Å². The molecule has 12 heteroatoms. The number of hydrogen-bond acceptors (Lipinski definition) is 8. The summed E-state index contributed by atoms with van der Waals surface area (Å²) < 4.78 is 42.9. The smallest absolute Gasteiger partial charge is 0.266 e. The molecule has 0 spiro atoms. The summed E-state index contributed by atoms with van der Waals surface area (Å²) in [6, 6.07) is 7.09. The normalized spacial score (nSPS) is 11.9. The van der Waals surface area contributed by atoms with Crippen molar-refractivity contribution in [1.82, 2.24) is 19.5 Å². The molecule has 4 rings (SSSR count). The average molecular weight is 466 g/mol. The quantitative estimate of drug-likeness (QED) is 0.406.